The Hall–Kier alpha value is -1.52. The highest BCUT2D eigenvalue weighted by Crippen LogP contribution is 2.32. The summed E-state index contributed by atoms with van der Waals surface area (Å²) in [5, 5.41) is 5.50. The Bertz CT molecular complexity index is 540. The first-order valence-electron chi connectivity index (χ1n) is 7.37. The zero-order chi connectivity index (χ0) is 15.1. The van der Waals surface area contributed by atoms with Crippen molar-refractivity contribution in [3.05, 3.63) is 46.2 Å². The molecule has 0 radical (unpaired) electrons. The maximum absolute atomic E-state index is 5.71. The zero-order valence-corrected chi connectivity index (χ0v) is 13.7. The van der Waals surface area contributed by atoms with Gasteiger partial charge in [0, 0.05) is 17.3 Å². The first-order chi connectivity index (χ1) is 10.3. The average Bonchev–Trinajstić information content (AvgIpc) is 3.00. The summed E-state index contributed by atoms with van der Waals surface area (Å²) in [6.07, 6.45) is 0.980. The van der Waals surface area contributed by atoms with Crippen LogP contribution in [0.1, 0.15) is 30.3 Å². The number of hydrogen-bond acceptors (Lipinski definition) is 4. The van der Waals surface area contributed by atoms with Crippen molar-refractivity contribution in [2.75, 3.05) is 20.3 Å². The lowest BCUT2D eigenvalue weighted by atomic mass is 10.0. The maximum atomic E-state index is 5.71. The van der Waals surface area contributed by atoms with Crippen LogP contribution in [-0.4, -0.2) is 20.3 Å². The summed E-state index contributed by atoms with van der Waals surface area (Å²) in [4.78, 5) is 1.38. The van der Waals surface area contributed by atoms with E-state index in [1.54, 1.807) is 11.3 Å². The Balaban J connectivity index is 2.22. The minimum atomic E-state index is 0.276. The molecule has 0 saturated heterocycles. The van der Waals surface area contributed by atoms with Crippen LogP contribution in [0.3, 0.4) is 0 Å². The van der Waals surface area contributed by atoms with Crippen LogP contribution >= 0.6 is 11.3 Å². The summed E-state index contributed by atoms with van der Waals surface area (Å²) in [7, 11) is 2.00. The normalized spacial score (nSPS) is 12.1. The molecule has 114 valence electrons. The van der Waals surface area contributed by atoms with Crippen LogP contribution < -0.4 is 14.8 Å². The molecule has 1 aromatic heterocycles. The molecule has 1 heterocycles. The largest absolute Gasteiger partial charge is 0.490 e. The van der Waals surface area contributed by atoms with E-state index >= 15 is 0 Å². The van der Waals surface area contributed by atoms with Gasteiger partial charge < -0.3 is 14.8 Å². The van der Waals surface area contributed by atoms with E-state index in [4.69, 9.17) is 9.47 Å². The Morgan fingerprint density at radius 3 is 2.48 bits per heavy atom. The fraction of sp³-hybridized carbons (Fsp3) is 0.412. The van der Waals surface area contributed by atoms with Gasteiger partial charge in [-0.2, -0.15) is 0 Å². The van der Waals surface area contributed by atoms with Crippen LogP contribution in [0.5, 0.6) is 11.5 Å². The van der Waals surface area contributed by atoms with Crippen LogP contribution in [0.25, 0.3) is 0 Å². The van der Waals surface area contributed by atoms with Crippen molar-refractivity contribution in [2.24, 2.45) is 0 Å². The molecule has 4 heteroatoms. The maximum Gasteiger partial charge on any atom is 0.161 e. The van der Waals surface area contributed by atoms with Crippen molar-refractivity contribution in [1.29, 1.82) is 0 Å². The monoisotopic (exact) mass is 305 g/mol. The molecule has 2 rings (SSSR count). The number of nitrogens with one attached hydrogen (secondary N) is 1. The standard InChI is InChI=1S/C17H23NO2S/c1-4-19-16-9-8-13(11-17(16)20-5-2)15(18-3)12-14-7-6-10-21-14/h6-11,15,18H,4-5,12H2,1-3H3. The third kappa shape index (κ3) is 4.22. The van der Waals surface area contributed by atoms with Gasteiger partial charge in [0.25, 0.3) is 0 Å². The smallest absolute Gasteiger partial charge is 0.161 e. The molecule has 1 atom stereocenters. The lowest BCUT2D eigenvalue weighted by Gasteiger charge is -2.18. The van der Waals surface area contributed by atoms with E-state index in [-0.39, 0.29) is 6.04 Å². The number of hydrogen-bond donors (Lipinski definition) is 1. The molecule has 21 heavy (non-hydrogen) atoms. The molecular weight excluding hydrogens is 282 g/mol. The minimum Gasteiger partial charge on any atom is -0.490 e. The van der Waals surface area contributed by atoms with Gasteiger partial charge >= 0.3 is 0 Å². The molecule has 1 N–H and O–H groups in total. The molecule has 2 aromatic rings. The highest BCUT2D eigenvalue weighted by molar-refractivity contribution is 7.09. The zero-order valence-electron chi connectivity index (χ0n) is 12.9. The van der Waals surface area contributed by atoms with Crippen LogP contribution in [-0.2, 0) is 6.42 Å². The molecule has 1 aromatic carbocycles. The van der Waals surface area contributed by atoms with E-state index < -0.39 is 0 Å². The summed E-state index contributed by atoms with van der Waals surface area (Å²) >= 11 is 1.79. The van der Waals surface area contributed by atoms with E-state index in [1.807, 2.05) is 27.0 Å². The van der Waals surface area contributed by atoms with E-state index in [9.17, 15) is 0 Å². The SMILES string of the molecule is CCOc1ccc(C(Cc2cccs2)NC)cc1OCC. The Morgan fingerprint density at radius 2 is 1.86 bits per heavy atom. The first-order valence-corrected chi connectivity index (χ1v) is 8.25. The van der Waals surface area contributed by atoms with Gasteiger partial charge in [0.1, 0.15) is 0 Å². The predicted octanol–water partition coefficient (Wildman–Crippen LogP) is 4.05. The molecule has 0 aliphatic heterocycles. The Labute approximate surface area is 130 Å². The third-order valence-corrected chi connectivity index (χ3v) is 4.20. The van der Waals surface area contributed by atoms with Gasteiger partial charge in [-0.05, 0) is 50.0 Å². The van der Waals surface area contributed by atoms with Gasteiger partial charge in [0.2, 0.25) is 0 Å². The molecule has 0 amide bonds. The van der Waals surface area contributed by atoms with E-state index in [1.165, 1.54) is 10.4 Å². The van der Waals surface area contributed by atoms with Gasteiger partial charge in [-0.1, -0.05) is 12.1 Å². The molecule has 0 aliphatic carbocycles. The van der Waals surface area contributed by atoms with E-state index in [2.05, 4.69) is 35.0 Å². The lowest BCUT2D eigenvalue weighted by Crippen LogP contribution is -2.18. The second-order valence-electron chi connectivity index (χ2n) is 4.70. The summed E-state index contributed by atoms with van der Waals surface area (Å²) < 4.78 is 11.3. The van der Waals surface area contributed by atoms with Crippen molar-refractivity contribution < 1.29 is 9.47 Å². The second-order valence-corrected chi connectivity index (χ2v) is 5.73. The summed E-state index contributed by atoms with van der Waals surface area (Å²) in [6, 6.07) is 10.7. The number of ether oxygens (including phenoxy) is 2. The van der Waals surface area contributed by atoms with Crippen molar-refractivity contribution >= 4 is 11.3 Å². The van der Waals surface area contributed by atoms with Crippen molar-refractivity contribution in [3.63, 3.8) is 0 Å². The Kier molecular flexibility index (Phi) is 6.08. The summed E-state index contributed by atoms with van der Waals surface area (Å²) in [6.45, 7) is 5.25. The van der Waals surface area contributed by atoms with Crippen molar-refractivity contribution in [1.82, 2.24) is 5.32 Å². The highest BCUT2D eigenvalue weighted by atomic mass is 32.1. The molecule has 3 nitrogen and oxygen atoms in total. The number of thiophene rings is 1. The molecule has 0 aliphatic rings. The van der Waals surface area contributed by atoms with Gasteiger partial charge in [-0.25, -0.2) is 0 Å². The van der Waals surface area contributed by atoms with Gasteiger partial charge in [0.15, 0.2) is 11.5 Å². The van der Waals surface area contributed by atoms with Crippen LogP contribution in [0.15, 0.2) is 35.7 Å². The highest BCUT2D eigenvalue weighted by Gasteiger charge is 2.14. The first kappa shape index (κ1) is 15.9. The molecule has 0 bridgehead atoms. The molecule has 0 fully saturated rings. The molecular formula is C17H23NO2S. The quantitative estimate of drug-likeness (QED) is 0.798. The molecule has 1 unspecified atom stereocenters. The van der Waals surface area contributed by atoms with E-state index in [0.717, 1.165) is 17.9 Å². The van der Waals surface area contributed by atoms with Crippen LogP contribution in [0.4, 0.5) is 0 Å². The van der Waals surface area contributed by atoms with E-state index in [0.29, 0.717) is 13.2 Å². The number of rotatable bonds is 8. The molecule has 0 spiro atoms. The minimum absolute atomic E-state index is 0.276. The topological polar surface area (TPSA) is 30.5 Å². The second kappa shape index (κ2) is 8.05. The van der Waals surface area contributed by atoms with Crippen molar-refractivity contribution in [2.45, 2.75) is 26.3 Å². The van der Waals surface area contributed by atoms with Gasteiger partial charge in [0.05, 0.1) is 13.2 Å². The predicted molar refractivity (Wildman–Crippen MR) is 88.6 cm³/mol. The van der Waals surface area contributed by atoms with Crippen molar-refractivity contribution in [3.8, 4) is 11.5 Å². The third-order valence-electron chi connectivity index (χ3n) is 3.30. The summed E-state index contributed by atoms with van der Waals surface area (Å²) in [5.41, 5.74) is 1.22. The fourth-order valence-corrected chi connectivity index (χ4v) is 3.05. The number of likely N-dealkylation sites (N-methyl/N-ethyl adjacent to an activating group) is 1. The van der Waals surface area contributed by atoms with Crippen LogP contribution in [0, 0.1) is 0 Å². The summed E-state index contributed by atoms with van der Waals surface area (Å²) in [5.74, 6) is 1.64. The average molecular weight is 305 g/mol. The Morgan fingerprint density at radius 1 is 1.10 bits per heavy atom. The van der Waals surface area contributed by atoms with Crippen LogP contribution in [0.2, 0.25) is 0 Å². The number of benzene rings is 1. The fourth-order valence-electron chi connectivity index (χ4n) is 2.30. The van der Waals surface area contributed by atoms with Gasteiger partial charge in [-0.15, -0.1) is 11.3 Å². The molecule has 0 saturated carbocycles. The van der Waals surface area contributed by atoms with Gasteiger partial charge in [-0.3, -0.25) is 0 Å². The lowest BCUT2D eigenvalue weighted by molar-refractivity contribution is 0.287.